The molecule has 1 rings (SSSR count). The molecule has 0 aliphatic heterocycles. The van der Waals surface area contributed by atoms with Gasteiger partial charge in [-0.15, -0.1) is 0 Å². The van der Waals surface area contributed by atoms with Gasteiger partial charge < -0.3 is 14.2 Å². The normalized spacial score (nSPS) is 10.6. The van der Waals surface area contributed by atoms with Crippen LogP contribution in [0.15, 0.2) is 18.2 Å². The first kappa shape index (κ1) is 14.1. The van der Waals surface area contributed by atoms with E-state index in [1.807, 2.05) is 0 Å². The number of hydrogen-bond donors (Lipinski definition) is 0. The van der Waals surface area contributed by atoms with Crippen molar-refractivity contribution in [2.75, 3.05) is 7.11 Å². The molecule has 0 heterocycles. The van der Waals surface area contributed by atoms with Gasteiger partial charge in [-0.25, -0.2) is 4.79 Å². The molecule has 0 fully saturated rings. The summed E-state index contributed by atoms with van der Waals surface area (Å²) in [4.78, 5) is 11.2. The van der Waals surface area contributed by atoms with Crippen LogP contribution in [0.2, 0.25) is 0 Å². The summed E-state index contributed by atoms with van der Waals surface area (Å²) in [5.74, 6) is -1.95. The minimum atomic E-state index is -3.21. The van der Waals surface area contributed by atoms with Gasteiger partial charge in [0.2, 0.25) is 0 Å². The van der Waals surface area contributed by atoms with E-state index in [9.17, 15) is 22.4 Å². The van der Waals surface area contributed by atoms with Crippen LogP contribution in [0.4, 0.5) is 17.6 Å². The van der Waals surface area contributed by atoms with Crippen LogP contribution in [0.5, 0.6) is 11.5 Å². The van der Waals surface area contributed by atoms with Gasteiger partial charge in [0.25, 0.3) is 0 Å². The molecule has 0 aliphatic rings. The number of methoxy groups -OCH3 is 1. The number of carbonyl (C=O) groups is 1. The molecule has 0 saturated heterocycles. The van der Waals surface area contributed by atoms with Gasteiger partial charge in [0.15, 0.2) is 0 Å². The van der Waals surface area contributed by atoms with E-state index in [0.29, 0.717) is 0 Å². The van der Waals surface area contributed by atoms with Gasteiger partial charge in [0.1, 0.15) is 17.1 Å². The lowest BCUT2D eigenvalue weighted by Crippen LogP contribution is -2.10. The molecule has 1 aromatic carbocycles. The van der Waals surface area contributed by atoms with Crippen molar-refractivity contribution in [3.05, 3.63) is 23.8 Å². The van der Waals surface area contributed by atoms with Crippen molar-refractivity contribution < 1.29 is 36.6 Å². The third-order valence-electron chi connectivity index (χ3n) is 1.80. The van der Waals surface area contributed by atoms with Gasteiger partial charge in [0.05, 0.1) is 7.11 Å². The van der Waals surface area contributed by atoms with E-state index in [0.717, 1.165) is 25.3 Å². The fourth-order valence-corrected chi connectivity index (χ4v) is 1.15. The molecular weight excluding hydrogens is 260 g/mol. The third kappa shape index (κ3) is 3.79. The highest BCUT2D eigenvalue weighted by Crippen LogP contribution is 2.27. The Kier molecular flexibility index (Phi) is 4.75. The van der Waals surface area contributed by atoms with Crippen molar-refractivity contribution in [3.63, 3.8) is 0 Å². The summed E-state index contributed by atoms with van der Waals surface area (Å²) in [6, 6.07) is 2.75. The zero-order chi connectivity index (χ0) is 13.7. The highest BCUT2D eigenvalue weighted by molar-refractivity contribution is 5.92. The van der Waals surface area contributed by atoms with Crippen LogP contribution in [-0.2, 0) is 4.74 Å². The van der Waals surface area contributed by atoms with E-state index in [4.69, 9.17) is 0 Å². The summed E-state index contributed by atoms with van der Waals surface area (Å²) >= 11 is 0. The SMILES string of the molecule is COC(=O)c1ccc(OC(F)F)cc1OC(F)F. The summed E-state index contributed by atoms with van der Waals surface area (Å²) in [6.45, 7) is -6.33. The van der Waals surface area contributed by atoms with Crippen LogP contribution in [0.1, 0.15) is 10.4 Å². The minimum Gasteiger partial charge on any atom is -0.465 e. The van der Waals surface area contributed by atoms with Gasteiger partial charge >= 0.3 is 19.2 Å². The molecule has 0 spiro atoms. The van der Waals surface area contributed by atoms with Crippen LogP contribution >= 0.6 is 0 Å². The number of carbonyl (C=O) groups excluding carboxylic acids is 1. The number of hydrogen-bond acceptors (Lipinski definition) is 4. The molecule has 4 nitrogen and oxygen atoms in total. The molecule has 8 heteroatoms. The average Bonchev–Trinajstić information content (AvgIpc) is 2.26. The molecular formula is C10H8F4O4. The molecule has 1 aromatic rings. The van der Waals surface area contributed by atoms with E-state index in [1.54, 1.807) is 0 Å². The van der Waals surface area contributed by atoms with Crippen molar-refractivity contribution in [1.29, 1.82) is 0 Å². The maximum Gasteiger partial charge on any atom is 0.387 e. The summed E-state index contributed by atoms with van der Waals surface area (Å²) in [6.07, 6.45) is 0. The zero-order valence-corrected chi connectivity index (χ0v) is 9.03. The lowest BCUT2D eigenvalue weighted by molar-refractivity contribution is -0.0545. The molecule has 0 N–H and O–H groups in total. The summed E-state index contributed by atoms with van der Waals surface area (Å²) in [7, 11) is 1.04. The number of halogens is 4. The van der Waals surface area contributed by atoms with E-state index in [1.165, 1.54) is 0 Å². The third-order valence-corrected chi connectivity index (χ3v) is 1.80. The topological polar surface area (TPSA) is 44.8 Å². The molecule has 0 aliphatic carbocycles. The van der Waals surface area contributed by atoms with Crippen molar-refractivity contribution in [1.82, 2.24) is 0 Å². The summed E-state index contributed by atoms with van der Waals surface area (Å²) in [5.41, 5.74) is -0.320. The van der Waals surface area contributed by atoms with Gasteiger partial charge in [-0.05, 0) is 12.1 Å². The Morgan fingerprint density at radius 2 is 1.72 bits per heavy atom. The predicted octanol–water partition coefficient (Wildman–Crippen LogP) is 2.68. The number of ether oxygens (including phenoxy) is 3. The van der Waals surface area contributed by atoms with Crippen molar-refractivity contribution in [2.24, 2.45) is 0 Å². The Labute approximate surface area is 99.1 Å². The number of esters is 1. The smallest absolute Gasteiger partial charge is 0.387 e. The number of alkyl halides is 4. The molecule has 0 amide bonds. The Balaban J connectivity index is 3.07. The Morgan fingerprint density at radius 1 is 1.11 bits per heavy atom. The van der Waals surface area contributed by atoms with E-state index in [2.05, 4.69) is 14.2 Å². The maximum atomic E-state index is 12.1. The van der Waals surface area contributed by atoms with E-state index in [-0.39, 0.29) is 5.56 Å². The Hall–Kier alpha value is -1.99. The zero-order valence-electron chi connectivity index (χ0n) is 9.03. The van der Waals surface area contributed by atoms with E-state index < -0.39 is 30.7 Å². The molecule has 100 valence electrons. The van der Waals surface area contributed by atoms with Gasteiger partial charge in [0, 0.05) is 6.07 Å². The molecule has 0 unspecified atom stereocenters. The average molecular weight is 268 g/mol. The molecule has 0 bridgehead atoms. The fraction of sp³-hybridized carbons (Fsp3) is 0.300. The second kappa shape index (κ2) is 6.08. The van der Waals surface area contributed by atoms with Gasteiger partial charge in [-0.3, -0.25) is 0 Å². The van der Waals surface area contributed by atoms with Crippen molar-refractivity contribution >= 4 is 5.97 Å². The highest BCUT2D eigenvalue weighted by atomic mass is 19.3. The van der Waals surface area contributed by atoms with Crippen LogP contribution in [-0.4, -0.2) is 26.3 Å². The van der Waals surface area contributed by atoms with Crippen molar-refractivity contribution in [3.8, 4) is 11.5 Å². The first-order chi connectivity index (χ1) is 8.43. The molecule has 18 heavy (non-hydrogen) atoms. The number of rotatable bonds is 5. The Morgan fingerprint density at radius 3 is 2.22 bits per heavy atom. The Bertz CT molecular complexity index is 422. The van der Waals surface area contributed by atoms with Crippen LogP contribution in [0, 0.1) is 0 Å². The first-order valence-electron chi connectivity index (χ1n) is 4.56. The highest BCUT2D eigenvalue weighted by Gasteiger charge is 2.18. The lowest BCUT2D eigenvalue weighted by atomic mass is 10.2. The maximum absolute atomic E-state index is 12.1. The van der Waals surface area contributed by atoms with Crippen molar-refractivity contribution in [2.45, 2.75) is 13.2 Å². The fourth-order valence-electron chi connectivity index (χ4n) is 1.15. The molecule has 0 atom stereocenters. The first-order valence-corrected chi connectivity index (χ1v) is 4.56. The summed E-state index contributed by atoms with van der Waals surface area (Å²) < 4.78 is 60.4. The predicted molar refractivity (Wildman–Crippen MR) is 51.0 cm³/mol. The standard InChI is InChI=1S/C10H8F4O4/c1-16-8(15)6-3-2-5(17-9(11)12)4-7(6)18-10(13)14/h2-4,9-10H,1H3. The summed E-state index contributed by atoms with van der Waals surface area (Å²) in [5, 5.41) is 0. The monoisotopic (exact) mass is 268 g/mol. The lowest BCUT2D eigenvalue weighted by Gasteiger charge is -2.11. The largest absolute Gasteiger partial charge is 0.465 e. The van der Waals surface area contributed by atoms with Crippen LogP contribution in [0.3, 0.4) is 0 Å². The molecule has 0 aromatic heterocycles. The van der Waals surface area contributed by atoms with Gasteiger partial charge in [-0.1, -0.05) is 0 Å². The van der Waals surface area contributed by atoms with Gasteiger partial charge in [-0.2, -0.15) is 17.6 Å². The quantitative estimate of drug-likeness (QED) is 0.608. The molecule has 0 radical (unpaired) electrons. The minimum absolute atomic E-state index is 0.320. The second-order valence-electron chi connectivity index (χ2n) is 2.91. The number of benzene rings is 1. The van der Waals surface area contributed by atoms with Crippen LogP contribution < -0.4 is 9.47 Å². The second-order valence-corrected chi connectivity index (χ2v) is 2.91. The van der Waals surface area contributed by atoms with E-state index >= 15 is 0 Å². The van der Waals surface area contributed by atoms with Crippen LogP contribution in [0.25, 0.3) is 0 Å². The molecule has 0 saturated carbocycles.